The van der Waals surface area contributed by atoms with Crippen molar-refractivity contribution in [1.82, 2.24) is 0 Å². The van der Waals surface area contributed by atoms with Crippen LogP contribution in [0.1, 0.15) is 57.6 Å². The van der Waals surface area contributed by atoms with E-state index in [0.29, 0.717) is 17.9 Å². The Labute approximate surface area is 105 Å². The quantitative estimate of drug-likeness (QED) is 0.822. The SMILES string of the molecule is CCC1C(N)CC1c1ccc(C(C)(C)C)cc1. The van der Waals surface area contributed by atoms with Gasteiger partial charge in [0.1, 0.15) is 0 Å². The van der Waals surface area contributed by atoms with E-state index in [1.807, 2.05) is 0 Å². The number of hydrogen-bond acceptors (Lipinski definition) is 1. The Hall–Kier alpha value is -0.820. The lowest BCUT2D eigenvalue weighted by molar-refractivity contribution is 0.198. The van der Waals surface area contributed by atoms with E-state index in [1.54, 1.807) is 0 Å². The van der Waals surface area contributed by atoms with Gasteiger partial charge >= 0.3 is 0 Å². The van der Waals surface area contributed by atoms with Crippen molar-refractivity contribution in [2.75, 3.05) is 0 Å². The minimum Gasteiger partial charge on any atom is -0.327 e. The van der Waals surface area contributed by atoms with Crippen molar-refractivity contribution in [2.45, 2.75) is 57.9 Å². The van der Waals surface area contributed by atoms with Gasteiger partial charge in [-0.05, 0) is 34.8 Å². The molecule has 0 radical (unpaired) electrons. The smallest absolute Gasteiger partial charge is 0.00788 e. The first-order chi connectivity index (χ1) is 7.93. The molecule has 3 unspecified atom stereocenters. The van der Waals surface area contributed by atoms with E-state index in [0.717, 1.165) is 6.42 Å². The Morgan fingerprint density at radius 3 is 2.18 bits per heavy atom. The normalized spacial score (nSPS) is 28.9. The summed E-state index contributed by atoms with van der Waals surface area (Å²) in [6.45, 7) is 9.03. The van der Waals surface area contributed by atoms with Gasteiger partial charge in [0, 0.05) is 6.04 Å². The van der Waals surface area contributed by atoms with Crippen molar-refractivity contribution in [3.8, 4) is 0 Å². The molecular weight excluding hydrogens is 206 g/mol. The number of hydrogen-bond donors (Lipinski definition) is 1. The standard InChI is InChI=1S/C16H25N/c1-5-13-14(10-15(13)17)11-6-8-12(9-7-11)16(2,3)4/h6-9,13-15H,5,10,17H2,1-4H3. The molecule has 0 aliphatic heterocycles. The first kappa shape index (κ1) is 12.6. The Balaban J connectivity index is 2.14. The second-order valence-corrected chi connectivity index (χ2v) is 6.45. The zero-order valence-corrected chi connectivity index (χ0v) is 11.5. The van der Waals surface area contributed by atoms with E-state index >= 15 is 0 Å². The van der Waals surface area contributed by atoms with Crippen LogP contribution in [0.5, 0.6) is 0 Å². The van der Waals surface area contributed by atoms with Crippen LogP contribution in [0.25, 0.3) is 0 Å². The molecule has 2 rings (SSSR count). The topological polar surface area (TPSA) is 26.0 Å². The molecule has 1 aromatic rings. The van der Waals surface area contributed by atoms with Crippen LogP contribution in [0.15, 0.2) is 24.3 Å². The van der Waals surface area contributed by atoms with Crippen molar-refractivity contribution in [1.29, 1.82) is 0 Å². The van der Waals surface area contributed by atoms with Crippen molar-refractivity contribution in [3.05, 3.63) is 35.4 Å². The highest BCUT2D eigenvalue weighted by molar-refractivity contribution is 5.31. The third kappa shape index (κ3) is 2.40. The lowest BCUT2D eigenvalue weighted by Gasteiger charge is -2.43. The number of rotatable bonds is 2. The van der Waals surface area contributed by atoms with Gasteiger partial charge < -0.3 is 5.73 Å². The van der Waals surface area contributed by atoms with Gasteiger partial charge in [-0.1, -0.05) is 58.4 Å². The van der Waals surface area contributed by atoms with E-state index in [9.17, 15) is 0 Å². The van der Waals surface area contributed by atoms with Gasteiger partial charge in [0.2, 0.25) is 0 Å². The molecule has 1 aromatic carbocycles. The van der Waals surface area contributed by atoms with E-state index in [1.165, 1.54) is 17.5 Å². The molecule has 3 atom stereocenters. The second kappa shape index (κ2) is 4.45. The Morgan fingerprint density at radius 2 is 1.76 bits per heavy atom. The van der Waals surface area contributed by atoms with Crippen molar-refractivity contribution in [2.24, 2.45) is 11.7 Å². The van der Waals surface area contributed by atoms with Crippen LogP contribution in [0.4, 0.5) is 0 Å². The second-order valence-electron chi connectivity index (χ2n) is 6.45. The van der Waals surface area contributed by atoms with Crippen molar-refractivity contribution >= 4 is 0 Å². The highest BCUT2D eigenvalue weighted by atomic mass is 14.7. The first-order valence-electron chi connectivity index (χ1n) is 6.79. The number of benzene rings is 1. The van der Waals surface area contributed by atoms with Gasteiger partial charge in [-0.25, -0.2) is 0 Å². The summed E-state index contributed by atoms with van der Waals surface area (Å²) in [4.78, 5) is 0. The molecule has 1 saturated carbocycles. The van der Waals surface area contributed by atoms with Gasteiger partial charge in [0.05, 0.1) is 0 Å². The maximum atomic E-state index is 6.06. The predicted octanol–water partition coefficient (Wildman–Crippen LogP) is 3.82. The van der Waals surface area contributed by atoms with Crippen molar-refractivity contribution < 1.29 is 0 Å². The molecule has 0 heterocycles. The van der Waals surface area contributed by atoms with Crippen LogP contribution in [-0.2, 0) is 5.41 Å². The molecule has 0 aromatic heterocycles. The molecule has 1 nitrogen and oxygen atoms in total. The van der Waals surface area contributed by atoms with E-state index in [-0.39, 0.29) is 5.41 Å². The van der Waals surface area contributed by atoms with Crippen LogP contribution >= 0.6 is 0 Å². The molecule has 1 aliphatic rings. The molecule has 0 amide bonds. The average Bonchev–Trinajstić information content (AvgIpc) is 2.25. The predicted molar refractivity (Wildman–Crippen MR) is 74.3 cm³/mol. The summed E-state index contributed by atoms with van der Waals surface area (Å²) in [5, 5.41) is 0. The lowest BCUT2D eigenvalue weighted by atomic mass is 9.65. The van der Waals surface area contributed by atoms with Gasteiger partial charge in [0.25, 0.3) is 0 Å². The zero-order valence-electron chi connectivity index (χ0n) is 11.5. The van der Waals surface area contributed by atoms with Gasteiger partial charge in [-0.2, -0.15) is 0 Å². The minimum absolute atomic E-state index is 0.249. The Bertz CT molecular complexity index is 372. The molecule has 94 valence electrons. The highest BCUT2D eigenvalue weighted by Gasteiger charge is 2.37. The number of nitrogens with two attached hydrogens (primary N) is 1. The molecule has 0 saturated heterocycles. The maximum Gasteiger partial charge on any atom is 0.00788 e. The maximum absolute atomic E-state index is 6.06. The molecule has 17 heavy (non-hydrogen) atoms. The summed E-state index contributed by atoms with van der Waals surface area (Å²) in [5.74, 6) is 1.39. The molecule has 0 spiro atoms. The van der Waals surface area contributed by atoms with Crippen molar-refractivity contribution in [3.63, 3.8) is 0 Å². The Morgan fingerprint density at radius 1 is 1.18 bits per heavy atom. The van der Waals surface area contributed by atoms with E-state index in [4.69, 9.17) is 5.73 Å². The third-order valence-electron chi connectivity index (χ3n) is 4.27. The summed E-state index contributed by atoms with van der Waals surface area (Å²) in [5.41, 5.74) is 9.20. The summed E-state index contributed by atoms with van der Waals surface area (Å²) in [7, 11) is 0. The fourth-order valence-electron chi connectivity index (χ4n) is 2.95. The van der Waals surface area contributed by atoms with Crippen LogP contribution < -0.4 is 5.73 Å². The van der Waals surface area contributed by atoms with Crippen LogP contribution in [0.2, 0.25) is 0 Å². The molecule has 2 N–H and O–H groups in total. The van der Waals surface area contributed by atoms with Gasteiger partial charge in [-0.15, -0.1) is 0 Å². The lowest BCUT2D eigenvalue weighted by Crippen LogP contribution is -2.45. The zero-order chi connectivity index (χ0) is 12.6. The summed E-state index contributed by atoms with van der Waals surface area (Å²) in [6.07, 6.45) is 2.36. The average molecular weight is 231 g/mol. The molecule has 1 heteroatoms. The fourth-order valence-corrected chi connectivity index (χ4v) is 2.95. The summed E-state index contributed by atoms with van der Waals surface area (Å²) in [6, 6.07) is 9.60. The fraction of sp³-hybridized carbons (Fsp3) is 0.625. The monoisotopic (exact) mass is 231 g/mol. The molecule has 1 aliphatic carbocycles. The minimum atomic E-state index is 0.249. The van der Waals surface area contributed by atoms with E-state index in [2.05, 4.69) is 52.0 Å². The first-order valence-corrected chi connectivity index (χ1v) is 6.79. The highest BCUT2D eigenvalue weighted by Crippen LogP contribution is 2.43. The third-order valence-corrected chi connectivity index (χ3v) is 4.27. The van der Waals surface area contributed by atoms with Crippen LogP contribution in [0.3, 0.4) is 0 Å². The summed E-state index contributed by atoms with van der Waals surface area (Å²) < 4.78 is 0. The molecule has 1 fully saturated rings. The van der Waals surface area contributed by atoms with Crippen LogP contribution in [-0.4, -0.2) is 6.04 Å². The Kier molecular flexibility index (Phi) is 3.31. The summed E-state index contributed by atoms with van der Waals surface area (Å²) >= 11 is 0. The van der Waals surface area contributed by atoms with E-state index < -0.39 is 0 Å². The molecule has 0 bridgehead atoms. The van der Waals surface area contributed by atoms with Gasteiger partial charge in [-0.3, -0.25) is 0 Å². The van der Waals surface area contributed by atoms with Gasteiger partial charge in [0.15, 0.2) is 0 Å². The largest absolute Gasteiger partial charge is 0.327 e. The van der Waals surface area contributed by atoms with Crippen LogP contribution in [0, 0.1) is 5.92 Å². The molecular formula is C16H25N.